The third-order valence-electron chi connectivity index (χ3n) is 4.50. The number of nitro groups is 1. The molecule has 5 nitrogen and oxygen atoms in total. The molecule has 1 spiro atoms. The first-order chi connectivity index (χ1) is 9.67. The highest BCUT2D eigenvalue weighted by molar-refractivity contribution is 5.32. The Bertz CT molecular complexity index is 482. The lowest BCUT2D eigenvalue weighted by Crippen LogP contribution is -2.50. The van der Waals surface area contributed by atoms with Crippen LogP contribution in [0.5, 0.6) is 0 Å². The van der Waals surface area contributed by atoms with Gasteiger partial charge in [0, 0.05) is 31.3 Å². The Morgan fingerprint density at radius 2 is 2.10 bits per heavy atom. The van der Waals surface area contributed by atoms with Crippen LogP contribution < -0.4 is 5.32 Å². The molecule has 1 aromatic carbocycles. The summed E-state index contributed by atoms with van der Waals surface area (Å²) in [5, 5.41) is 14.2. The number of nitrogens with zero attached hydrogens (tertiary/aromatic N) is 1. The second-order valence-corrected chi connectivity index (χ2v) is 5.88. The minimum Gasteiger partial charge on any atom is -0.375 e. The van der Waals surface area contributed by atoms with Crippen LogP contribution in [0.25, 0.3) is 0 Å². The van der Waals surface area contributed by atoms with Crippen LogP contribution in [0.15, 0.2) is 24.3 Å². The van der Waals surface area contributed by atoms with Gasteiger partial charge < -0.3 is 10.1 Å². The Hall–Kier alpha value is -1.46. The lowest BCUT2D eigenvalue weighted by Gasteiger charge is -2.47. The molecule has 1 N–H and O–H groups in total. The predicted molar refractivity (Wildman–Crippen MR) is 75.5 cm³/mol. The minimum absolute atomic E-state index is 0.147. The highest BCUT2D eigenvalue weighted by Gasteiger charge is 2.42. The number of ether oxygens (including phenoxy) is 1. The number of nitrogens with one attached hydrogen (secondary N) is 1. The third kappa shape index (κ3) is 2.83. The van der Waals surface area contributed by atoms with E-state index in [2.05, 4.69) is 5.32 Å². The van der Waals surface area contributed by atoms with Crippen molar-refractivity contribution in [3.8, 4) is 0 Å². The van der Waals surface area contributed by atoms with E-state index >= 15 is 0 Å². The molecule has 1 aliphatic heterocycles. The van der Waals surface area contributed by atoms with Gasteiger partial charge in [-0.3, -0.25) is 10.1 Å². The molecule has 1 saturated heterocycles. The zero-order chi connectivity index (χ0) is 14.0. The molecule has 20 heavy (non-hydrogen) atoms. The van der Waals surface area contributed by atoms with Crippen LogP contribution in [0.4, 0.5) is 5.69 Å². The zero-order valence-corrected chi connectivity index (χ0v) is 11.5. The molecule has 3 rings (SSSR count). The van der Waals surface area contributed by atoms with Crippen LogP contribution >= 0.6 is 0 Å². The van der Waals surface area contributed by atoms with Crippen molar-refractivity contribution in [3.05, 3.63) is 39.9 Å². The van der Waals surface area contributed by atoms with Crippen molar-refractivity contribution in [3.63, 3.8) is 0 Å². The molecule has 0 aromatic heterocycles. The molecule has 0 bridgehead atoms. The quantitative estimate of drug-likeness (QED) is 0.678. The monoisotopic (exact) mass is 276 g/mol. The molecule has 0 radical (unpaired) electrons. The summed E-state index contributed by atoms with van der Waals surface area (Å²) in [7, 11) is 0. The lowest BCUT2D eigenvalue weighted by atomic mass is 9.74. The van der Waals surface area contributed by atoms with Crippen molar-refractivity contribution in [2.75, 3.05) is 6.61 Å². The molecule has 2 fully saturated rings. The SMILES string of the molecule is O=[N+]([O-])c1ccc(CNC2CCOC3(CCC3)C2)cc1. The molecule has 1 aromatic rings. The summed E-state index contributed by atoms with van der Waals surface area (Å²) in [6.45, 7) is 1.61. The van der Waals surface area contributed by atoms with E-state index in [1.807, 2.05) is 12.1 Å². The lowest BCUT2D eigenvalue weighted by molar-refractivity contribution is -0.384. The van der Waals surface area contributed by atoms with E-state index in [4.69, 9.17) is 4.74 Å². The van der Waals surface area contributed by atoms with Crippen molar-refractivity contribution < 1.29 is 9.66 Å². The van der Waals surface area contributed by atoms with E-state index < -0.39 is 0 Å². The van der Waals surface area contributed by atoms with E-state index in [1.165, 1.54) is 19.3 Å². The first-order valence-corrected chi connectivity index (χ1v) is 7.28. The Kier molecular flexibility index (Phi) is 3.72. The maximum Gasteiger partial charge on any atom is 0.269 e. The van der Waals surface area contributed by atoms with Gasteiger partial charge in [-0.25, -0.2) is 0 Å². The van der Waals surface area contributed by atoms with Gasteiger partial charge in [0.2, 0.25) is 0 Å². The Labute approximate surface area is 118 Å². The molecule has 1 atom stereocenters. The van der Waals surface area contributed by atoms with Gasteiger partial charge in [-0.05, 0) is 37.7 Å². The molecule has 1 unspecified atom stereocenters. The average Bonchev–Trinajstić information content (AvgIpc) is 2.44. The number of hydrogen-bond donors (Lipinski definition) is 1. The second kappa shape index (κ2) is 5.50. The van der Waals surface area contributed by atoms with E-state index in [9.17, 15) is 10.1 Å². The molecular weight excluding hydrogens is 256 g/mol. The minimum atomic E-state index is -0.365. The van der Waals surface area contributed by atoms with Gasteiger partial charge in [-0.1, -0.05) is 12.1 Å². The zero-order valence-electron chi connectivity index (χ0n) is 11.5. The van der Waals surface area contributed by atoms with Crippen LogP contribution in [0.1, 0.15) is 37.7 Å². The van der Waals surface area contributed by atoms with E-state index in [1.54, 1.807) is 12.1 Å². The molecule has 1 saturated carbocycles. The highest BCUT2D eigenvalue weighted by atomic mass is 16.6. The van der Waals surface area contributed by atoms with Crippen LogP contribution in [0.2, 0.25) is 0 Å². The number of benzene rings is 1. The molecular formula is C15H20N2O3. The molecule has 5 heteroatoms. The average molecular weight is 276 g/mol. The summed E-state index contributed by atoms with van der Waals surface area (Å²) in [6.07, 6.45) is 5.83. The molecule has 1 heterocycles. The topological polar surface area (TPSA) is 64.4 Å². The summed E-state index contributed by atoms with van der Waals surface area (Å²) >= 11 is 0. The predicted octanol–water partition coefficient (Wildman–Crippen LogP) is 2.79. The largest absolute Gasteiger partial charge is 0.375 e. The number of nitro benzene ring substituents is 1. The number of rotatable bonds is 4. The van der Waals surface area contributed by atoms with Crippen molar-refractivity contribution in [2.24, 2.45) is 0 Å². The van der Waals surface area contributed by atoms with Gasteiger partial charge in [0.1, 0.15) is 0 Å². The summed E-state index contributed by atoms with van der Waals surface area (Å²) in [4.78, 5) is 10.2. The Morgan fingerprint density at radius 3 is 2.70 bits per heavy atom. The first-order valence-electron chi connectivity index (χ1n) is 7.28. The Morgan fingerprint density at radius 1 is 1.35 bits per heavy atom. The van der Waals surface area contributed by atoms with Crippen molar-refractivity contribution in [2.45, 2.75) is 50.3 Å². The summed E-state index contributed by atoms with van der Waals surface area (Å²) < 4.78 is 5.91. The summed E-state index contributed by atoms with van der Waals surface area (Å²) in [6, 6.07) is 7.27. The molecule has 0 amide bonds. The smallest absolute Gasteiger partial charge is 0.269 e. The first kappa shape index (κ1) is 13.5. The fourth-order valence-electron chi connectivity index (χ4n) is 3.12. The van der Waals surface area contributed by atoms with Gasteiger partial charge in [-0.15, -0.1) is 0 Å². The highest BCUT2D eigenvalue weighted by Crippen LogP contribution is 2.42. The van der Waals surface area contributed by atoms with E-state index in [-0.39, 0.29) is 16.2 Å². The van der Waals surface area contributed by atoms with Gasteiger partial charge in [0.05, 0.1) is 10.5 Å². The summed E-state index contributed by atoms with van der Waals surface area (Å²) in [5.74, 6) is 0. The van der Waals surface area contributed by atoms with Crippen LogP contribution in [-0.4, -0.2) is 23.2 Å². The fraction of sp³-hybridized carbons (Fsp3) is 0.600. The van der Waals surface area contributed by atoms with Crippen molar-refractivity contribution >= 4 is 5.69 Å². The van der Waals surface area contributed by atoms with Gasteiger partial charge in [-0.2, -0.15) is 0 Å². The maximum atomic E-state index is 10.6. The van der Waals surface area contributed by atoms with Crippen molar-refractivity contribution in [1.82, 2.24) is 5.32 Å². The van der Waals surface area contributed by atoms with Gasteiger partial charge >= 0.3 is 0 Å². The standard InChI is InChI=1S/C15H20N2O3/c18-17(19)14-4-2-12(3-5-14)11-16-13-6-9-20-15(10-13)7-1-8-15/h2-5,13,16H,1,6-11H2. The van der Waals surface area contributed by atoms with Gasteiger partial charge in [0.25, 0.3) is 5.69 Å². The molecule has 1 aliphatic carbocycles. The van der Waals surface area contributed by atoms with Crippen LogP contribution in [0, 0.1) is 10.1 Å². The van der Waals surface area contributed by atoms with Gasteiger partial charge in [0.15, 0.2) is 0 Å². The van der Waals surface area contributed by atoms with E-state index in [0.29, 0.717) is 6.04 Å². The third-order valence-corrected chi connectivity index (χ3v) is 4.50. The van der Waals surface area contributed by atoms with Crippen LogP contribution in [-0.2, 0) is 11.3 Å². The Balaban J connectivity index is 1.52. The molecule has 108 valence electrons. The number of hydrogen-bond acceptors (Lipinski definition) is 4. The van der Waals surface area contributed by atoms with Crippen LogP contribution in [0.3, 0.4) is 0 Å². The fourth-order valence-corrected chi connectivity index (χ4v) is 3.12. The summed E-state index contributed by atoms with van der Waals surface area (Å²) in [5.41, 5.74) is 1.39. The second-order valence-electron chi connectivity index (χ2n) is 5.88. The van der Waals surface area contributed by atoms with E-state index in [0.717, 1.165) is 31.6 Å². The number of non-ortho nitro benzene ring substituents is 1. The van der Waals surface area contributed by atoms with Crippen molar-refractivity contribution in [1.29, 1.82) is 0 Å². The maximum absolute atomic E-state index is 10.6. The molecule has 2 aliphatic rings. The normalized spacial score (nSPS) is 24.3.